The van der Waals surface area contributed by atoms with Crippen LogP contribution in [-0.2, 0) is 9.59 Å². The minimum absolute atomic E-state index is 0. The zero-order valence-corrected chi connectivity index (χ0v) is 21.9. The first-order valence-corrected chi connectivity index (χ1v) is 8.88. The van der Waals surface area contributed by atoms with Gasteiger partial charge in [0.15, 0.2) is 0 Å². The summed E-state index contributed by atoms with van der Waals surface area (Å²) in [4.78, 5) is 20.9. The van der Waals surface area contributed by atoms with Gasteiger partial charge in [0, 0.05) is 18.8 Å². The van der Waals surface area contributed by atoms with Gasteiger partial charge in [0.25, 0.3) is 0 Å². The van der Waals surface area contributed by atoms with Gasteiger partial charge in [-0.15, -0.1) is 0 Å². The second-order valence-electron chi connectivity index (χ2n) is 7.31. The van der Waals surface area contributed by atoms with Crippen LogP contribution in [0, 0.1) is 35.0 Å². The Bertz CT molecular complexity index is 397. The first-order chi connectivity index (χ1) is 11.1. The number of carboxylic acids is 1. The average molecular weight is 425 g/mol. The quantitative estimate of drug-likeness (QED) is 0.489. The summed E-state index contributed by atoms with van der Waals surface area (Å²) in [6, 6.07) is 2.14. The van der Waals surface area contributed by atoms with Crippen molar-refractivity contribution in [2.24, 2.45) is 29.4 Å². The first kappa shape index (κ1) is 30.1. The molecule has 0 saturated heterocycles. The predicted molar refractivity (Wildman–Crippen MR) is 94.7 cm³/mol. The van der Waals surface area contributed by atoms with Crippen molar-refractivity contribution in [1.82, 2.24) is 0 Å². The van der Waals surface area contributed by atoms with Crippen LogP contribution in [0.15, 0.2) is 0 Å². The summed E-state index contributed by atoms with van der Waals surface area (Å²) >= 11 is 0. The molecule has 0 aliphatic heterocycles. The van der Waals surface area contributed by atoms with Crippen molar-refractivity contribution in [2.45, 2.75) is 73.1 Å². The third-order valence-electron chi connectivity index (χ3n) is 3.86. The fourth-order valence-electron chi connectivity index (χ4n) is 2.96. The molecule has 4 atom stereocenters. The van der Waals surface area contributed by atoms with Crippen LogP contribution in [0.5, 0.6) is 0 Å². The third kappa shape index (κ3) is 24.4. The zero-order chi connectivity index (χ0) is 19.1. The number of hydrogen-bond donors (Lipinski definition) is 1. The molecule has 2 N–H and O–H groups in total. The Balaban J connectivity index is -0.000000372. The van der Waals surface area contributed by atoms with E-state index in [2.05, 4.69) is 26.8 Å². The summed E-state index contributed by atoms with van der Waals surface area (Å²) < 4.78 is 0. The van der Waals surface area contributed by atoms with Crippen molar-refractivity contribution in [3.05, 3.63) is 0 Å². The second-order valence-corrected chi connectivity index (χ2v) is 7.31. The van der Waals surface area contributed by atoms with Crippen LogP contribution in [0.4, 0.5) is 0 Å². The van der Waals surface area contributed by atoms with E-state index < -0.39 is 5.97 Å². The van der Waals surface area contributed by atoms with Crippen molar-refractivity contribution in [3.8, 4) is 6.07 Å². The smallest absolute Gasteiger partial charge is 0.550 e. The maximum absolute atomic E-state index is 10.7. The van der Waals surface area contributed by atoms with Gasteiger partial charge in [0.1, 0.15) is 5.78 Å². The van der Waals surface area contributed by atoms with Crippen molar-refractivity contribution in [1.29, 1.82) is 5.26 Å². The van der Waals surface area contributed by atoms with Crippen LogP contribution < -0.4 is 69.0 Å². The van der Waals surface area contributed by atoms with Crippen molar-refractivity contribution in [3.63, 3.8) is 0 Å². The summed E-state index contributed by atoms with van der Waals surface area (Å²) in [6.07, 6.45) is 4.28. The number of aliphatic carboxylic acids is 1. The number of rotatable bonds is 11. The van der Waals surface area contributed by atoms with Gasteiger partial charge in [-0.05, 0) is 62.8 Å². The molecule has 0 aromatic carbocycles. The number of nitrogens with two attached hydrogens (primary N) is 1. The zero-order valence-electron chi connectivity index (χ0n) is 17.0. The fourth-order valence-corrected chi connectivity index (χ4v) is 2.96. The maximum Gasteiger partial charge on any atom is 1.00 e. The topological polar surface area (TPSA) is 107 Å². The summed E-state index contributed by atoms with van der Waals surface area (Å²) in [7, 11) is 0. The summed E-state index contributed by atoms with van der Waals surface area (Å²) in [5.41, 5.74) is 5.38. The minimum Gasteiger partial charge on any atom is -0.550 e. The molecule has 0 spiro atoms. The number of ketones is 1. The van der Waals surface area contributed by atoms with E-state index in [4.69, 9.17) is 11.0 Å². The number of nitriles is 1. The van der Waals surface area contributed by atoms with E-state index in [1.54, 1.807) is 6.92 Å². The van der Waals surface area contributed by atoms with Crippen LogP contribution in [0.25, 0.3) is 0 Å². The standard InChI is InChI=1S/C10H17NO.C9H19NO2.Rb/c1-8(4-5-11)6-9(2)7-10(3)12;1-7(3-4-10)5-8(2)6-9(11)12;/h8-9H,4,6-7H2,1-3H3;7-8H,3-6,10H2,1-2H3,(H,11,12);/q;;+1/p-1/t8-,9-;7-,8-;/m11./s1. The van der Waals surface area contributed by atoms with E-state index in [0.717, 1.165) is 19.3 Å². The van der Waals surface area contributed by atoms with Gasteiger partial charge in [-0.3, -0.25) is 0 Å². The van der Waals surface area contributed by atoms with Gasteiger partial charge >= 0.3 is 58.2 Å². The molecule has 0 aliphatic carbocycles. The summed E-state index contributed by atoms with van der Waals surface area (Å²) in [5, 5.41) is 18.6. The molecule has 0 aromatic rings. The van der Waals surface area contributed by atoms with Gasteiger partial charge in [-0.2, -0.15) is 5.26 Å². The number of Topliss-reactive ketones (excluding diaryl/α,β-unsaturated/α-hetero) is 1. The fraction of sp³-hybridized carbons (Fsp3) is 0.842. The third-order valence-corrected chi connectivity index (χ3v) is 3.86. The van der Waals surface area contributed by atoms with Crippen LogP contribution in [0.1, 0.15) is 73.1 Å². The molecule has 0 aliphatic rings. The Kier molecular flexibility index (Phi) is 23.1. The SMILES string of the molecule is CC(=O)C[C@H](C)C[C@H](C)CC#N.C[C@H](CCN)C[C@@H](C)CC(=O)[O-].[Rb+]. The maximum atomic E-state index is 10.7. The van der Waals surface area contributed by atoms with Gasteiger partial charge in [0.05, 0.1) is 6.07 Å². The van der Waals surface area contributed by atoms with E-state index in [1.165, 1.54) is 0 Å². The van der Waals surface area contributed by atoms with E-state index in [-0.39, 0.29) is 76.3 Å². The molecule has 0 radical (unpaired) electrons. The monoisotopic (exact) mass is 424 g/mol. The van der Waals surface area contributed by atoms with E-state index in [9.17, 15) is 14.7 Å². The Labute approximate surface area is 202 Å². The van der Waals surface area contributed by atoms with Crippen LogP contribution in [-0.4, -0.2) is 18.3 Å². The molecule has 0 amide bonds. The molecular weight excluding hydrogens is 390 g/mol. The Morgan fingerprint density at radius 3 is 1.88 bits per heavy atom. The Morgan fingerprint density at radius 1 is 1.00 bits per heavy atom. The number of hydrogen-bond acceptors (Lipinski definition) is 5. The van der Waals surface area contributed by atoms with Crippen LogP contribution in [0.2, 0.25) is 0 Å². The molecule has 25 heavy (non-hydrogen) atoms. The summed E-state index contributed by atoms with van der Waals surface area (Å²) in [6.45, 7) is 10.4. The average Bonchev–Trinajstić information content (AvgIpc) is 2.37. The van der Waals surface area contributed by atoms with Gasteiger partial charge in [-0.25, -0.2) is 0 Å². The number of carbonyl (C=O) groups excluding carboxylic acids is 2. The molecule has 5 nitrogen and oxygen atoms in total. The molecule has 0 fully saturated rings. The van der Waals surface area contributed by atoms with Crippen molar-refractivity contribution >= 4 is 11.8 Å². The normalized spacial score (nSPS) is 14.6. The van der Waals surface area contributed by atoms with Gasteiger partial charge < -0.3 is 20.4 Å². The number of nitrogens with zero attached hydrogens (tertiary/aromatic N) is 1. The van der Waals surface area contributed by atoms with Crippen molar-refractivity contribution < 1.29 is 72.9 Å². The van der Waals surface area contributed by atoms with Gasteiger partial charge in [0.2, 0.25) is 0 Å². The molecule has 0 saturated carbocycles. The molecule has 0 bridgehead atoms. The van der Waals surface area contributed by atoms with Crippen LogP contribution in [0.3, 0.4) is 0 Å². The Hall–Kier alpha value is 0.395. The van der Waals surface area contributed by atoms with E-state index in [0.29, 0.717) is 37.1 Å². The first-order valence-electron chi connectivity index (χ1n) is 8.88. The number of carboxylic acid groups (broad SMARTS) is 1. The summed E-state index contributed by atoms with van der Waals surface area (Å²) in [5.74, 6) is 0.852. The molecule has 6 heteroatoms. The molecule has 0 heterocycles. The molecule has 140 valence electrons. The van der Waals surface area contributed by atoms with E-state index >= 15 is 0 Å². The Morgan fingerprint density at radius 2 is 1.48 bits per heavy atom. The second kappa shape index (κ2) is 19.2. The molecular formula is C19H35N2O3Rb. The number of carbonyl (C=O) groups is 2. The largest absolute Gasteiger partial charge is 1.00 e. The van der Waals surface area contributed by atoms with Crippen LogP contribution >= 0.6 is 0 Å². The molecule has 0 unspecified atom stereocenters. The van der Waals surface area contributed by atoms with Gasteiger partial charge in [-0.1, -0.05) is 27.7 Å². The van der Waals surface area contributed by atoms with E-state index in [1.807, 2.05) is 6.92 Å². The van der Waals surface area contributed by atoms with Crippen molar-refractivity contribution in [2.75, 3.05) is 6.54 Å². The molecule has 0 aromatic heterocycles. The minimum atomic E-state index is -0.956. The molecule has 0 rings (SSSR count). The predicted octanol–water partition coefficient (Wildman–Crippen LogP) is -0.317.